The van der Waals surface area contributed by atoms with E-state index in [9.17, 15) is 4.79 Å². The van der Waals surface area contributed by atoms with Gasteiger partial charge in [-0.15, -0.1) is 0 Å². The molecule has 4 nitrogen and oxygen atoms in total. The van der Waals surface area contributed by atoms with E-state index in [0.29, 0.717) is 19.6 Å². The largest absolute Gasteiger partial charge is 0.348 e. The molecule has 2 fully saturated rings. The van der Waals surface area contributed by atoms with Crippen LogP contribution >= 0.6 is 15.9 Å². The van der Waals surface area contributed by atoms with Crippen molar-refractivity contribution in [2.24, 2.45) is 0 Å². The van der Waals surface area contributed by atoms with Gasteiger partial charge in [-0.25, -0.2) is 0 Å². The normalized spacial score (nSPS) is 24.1. The summed E-state index contributed by atoms with van der Waals surface area (Å²) in [6, 6.07) is 7.80. The Morgan fingerprint density at radius 2 is 1.95 bits per heavy atom. The number of benzene rings is 1. The van der Waals surface area contributed by atoms with Gasteiger partial charge in [-0.05, 0) is 30.5 Å². The number of nitrogens with one attached hydrogen (secondary N) is 1. The summed E-state index contributed by atoms with van der Waals surface area (Å²) in [6.07, 6.45) is 4.39. The van der Waals surface area contributed by atoms with Crippen LogP contribution in [-0.4, -0.2) is 30.9 Å². The predicted octanol–water partition coefficient (Wildman–Crippen LogP) is 2.79. The Bertz CT molecular complexity index is 497. The van der Waals surface area contributed by atoms with E-state index in [1.807, 2.05) is 24.3 Å². The molecule has 0 aromatic heterocycles. The molecular weight excluding hydrogens is 334 g/mol. The number of rotatable bonds is 3. The van der Waals surface area contributed by atoms with Gasteiger partial charge in [0.25, 0.3) is 0 Å². The molecule has 1 heterocycles. The number of halogens is 1. The summed E-state index contributed by atoms with van der Waals surface area (Å²) in [6.45, 7) is 1.25. The minimum atomic E-state index is -0.576. The number of amides is 1. The van der Waals surface area contributed by atoms with Gasteiger partial charge < -0.3 is 14.8 Å². The molecule has 1 aromatic rings. The highest BCUT2D eigenvalue weighted by molar-refractivity contribution is 9.10. The lowest BCUT2D eigenvalue weighted by atomic mass is 9.88. The standard InChI is InChI=1S/C16H20BrNO3/c17-13-6-4-12(5-7-13)11-15(19)18-14-3-1-2-8-16(14)20-9-10-21-16/h4-7,14H,1-3,8-11H2,(H,18,19). The Kier molecular flexibility index (Phi) is 4.62. The van der Waals surface area contributed by atoms with E-state index in [2.05, 4.69) is 21.2 Å². The zero-order chi connectivity index (χ0) is 14.7. The molecule has 1 N–H and O–H groups in total. The van der Waals surface area contributed by atoms with Gasteiger partial charge in [-0.2, -0.15) is 0 Å². The van der Waals surface area contributed by atoms with E-state index in [0.717, 1.165) is 35.7 Å². The first-order valence-corrected chi connectivity index (χ1v) is 8.29. The van der Waals surface area contributed by atoms with Crippen molar-refractivity contribution in [2.75, 3.05) is 13.2 Å². The van der Waals surface area contributed by atoms with E-state index in [4.69, 9.17) is 9.47 Å². The Balaban J connectivity index is 1.61. The van der Waals surface area contributed by atoms with Crippen molar-refractivity contribution in [1.29, 1.82) is 0 Å². The van der Waals surface area contributed by atoms with Gasteiger partial charge in [0, 0.05) is 10.9 Å². The molecular formula is C16H20BrNO3. The maximum Gasteiger partial charge on any atom is 0.224 e. The maximum absolute atomic E-state index is 12.3. The van der Waals surface area contributed by atoms with Gasteiger partial charge >= 0.3 is 0 Å². The molecule has 1 unspecified atom stereocenters. The zero-order valence-electron chi connectivity index (χ0n) is 11.9. The average molecular weight is 354 g/mol. The molecule has 1 aromatic carbocycles. The highest BCUT2D eigenvalue weighted by atomic mass is 79.9. The summed E-state index contributed by atoms with van der Waals surface area (Å²) < 4.78 is 12.7. The molecule has 1 aliphatic carbocycles. The van der Waals surface area contributed by atoms with Crippen LogP contribution in [0.15, 0.2) is 28.7 Å². The number of carbonyl (C=O) groups is 1. The second-order valence-electron chi connectivity index (χ2n) is 5.68. The van der Waals surface area contributed by atoms with Crippen LogP contribution < -0.4 is 5.32 Å². The number of hydrogen-bond acceptors (Lipinski definition) is 3. The minimum absolute atomic E-state index is 0.0303. The van der Waals surface area contributed by atoms with Gasteiger partial charge in [-0.1, -0.05) is 34.5 Å². The van der Waals surface area contributed by atoms with Crippen molar-refractivity contribution >= 4 is 21.8 Å². The van der Waals surface area contributed by atoms with Gasteiger partial charge in [0.05, 0.1) is 25.7 Å². The molecule has 3 rings (SSSR count). The molecule has 1 spiro atoms. The lowest BCUT2D eigenvalue weighted by molar-refractivity contribution is -0.196. The van der Waals surface area contributed by atoms with Gasteiger partial charge in [0.15, 0.2) is 5.79 Å². The van der Waals surface area contributed by atoms with E-state index < -0.39 is 5.79 Å². The Morgan fingerprint density at radius 3 is 2.67 bits per heavy atom. The highest BCUT2D eigenvalue weighted by Crippen LogP contribution is 2.36. The summed E-state index contributed by atoms with van der Waals surface area (Å²) in [5.74, 6) is -0.545. The molecule has 0 bridgehead atoms. The third-order valence-corrected chi connectivity index (χ3v) is 4.72. The van der Waals surface area contributed by atoms with Crippen LogP contribution in [0.2, 0.25) is 0 Å². The molecule has 2 aliphatic rings. The molecule has 1 saturated heterocycles. The van der Waals surface area contributed by atoms with Crippen LogP contribution in [0, 0.1) is 0 Å². The fourth-order valence-corrected chi connectivity index (χ4v) is 3.41. The Labute approximate surface area is 133 Å². The van der Waals surface area contributed by atoms with Crippen molar-refractivity contribution in [3.63, 3.8) is 0 Å². The van der Waals surface area contributed by atoms with Crippen LogP contribution in [0.3, 0.4) is 0 Å². The smallest absolute Gasteiger partial charge is 0.224 e. The first-order valence-electron chi connectivity index (χ1n) is 7.50. The molecule has 1 amide bonds. The fraction of sp³-hybridized carbons (Fsp3) is 0.562. The predicted molar refractivity (Wildman–Crippen MR) is 82.9 cm³/mol. The Morgan fingerprint density at radius 1 is 1.24 bits per heavy atom. The molecule has 114 valence electrons. The van der Waals surface area contributed by atoms with Crippen LogP contribution in [0.25, 0.3) is 0 Å². The zero-order valence-corrected chi connectivity index (χ0v) is 13.5. The van der Waals surface area contributed by atoms with Crippen LogP contribution in [0.4, 0.5) is 0 Å². The first-order chi connectivity index (χ1) is 10.2. The molecule has 1 atom stereocenters. The first kappa shape index (κ1) is 15.0. The summed E-state index contributed by atoms with van der Waals surface area (Å²) in [5.41, 5.74) is 1.01. The lowest BCUT2D eigenvalue weighted by Gasteiger charge is -2.39. The van der Waals surface area contributed by atoms with Crippen LogP contribution in [0.1, 0.15) is 31.2 Å². The van der Waals surface area contributed by atoms with E-state index in [1.54, 1.807) is 0 Å². The van der Waals surface area contributed by atoms with Gasteiger partial charge in [0.1, 0.15) is 0 Å². The van der Waals surface area contributed by atoms with Crippen molar-refractivity contribution in [3.8, 4) is 0 Å². The van der Waals surface area contributed by atoms with Crippen LogP contribution in [0.5, 0.6) is 0 Å². The lowest BCUT2D eigenvalue weighted by Crippen LogP contribution is -2.55. The second-order valence-corrected chi connectivity index (χ2v) is 6.59. The van der Waals surface area contributed by atoms with Crippen LogP contribution in [-0.2, 0) is 20.7 Å². The Hall–Kier alpha value is -0.910. The fourth-order valence-electron chi connectivity index (χ4n) is 3.15. The number of ether oxygens (including phenoxy) is 2. The number of carbonyl (C=O) groups excluding carboxylic acids is 1. The summed E-state index contributed by atoms with van der Waals surface area (Å²) in [7, 11) is 0. The topological polar surface area (TPSA) is 47.6 Å². The summed E-state index contributed by atoms with van der Waals surface area (Å²) in [4.78, 5) is 12.3. The van der Waals surface area contributed by atoms with Crippen molar-refractivity contribution in [2.45, 2.75) is 43.9 Å². The second kappa shape index (κ2) is 6.46. The number of hydrogen-bond donors (Lipinski definition) is 1. The minimum Gasteiger partial charge on any atom is -0.348 e. The van der Waals surface area contributed by atoms with E-state index >= 15 is 0 Å². The quantitative estimate of drug-likeness (QED) is 0.908. The highest BCUT2D eigenvalue weighted by Gasteiger charge is 2.46. The molecule has 1 aliphatic heterocycles. The average Bonchev–Trinajstić information content (AvgIpc) is 2.93. The molecule has 21 heavy (non-hydrogen) atoms. The SMILES string of the molecule is O=C(Cc1ccc(Br)cc1)NC1CCCCC12OCCO2. The van der Waals surface area contributed by atoms with E-state index in [-0.39, 0.29) is 11.9 Å². The summed E-state index contributed by atoms with van der Waals surface area (Å²) >= 11 is 3.40. The van der Waals surface area contributed by atoms with Gasteiger partial charge in [0.2, 0.25) is 5.91 Å². The monoisotopic (exact) mass is 353 g/mol. The molecule has 5 heteroatoms. The van der Waals surface area contributed by atoms with Gasteiger partial charge in [-0.3, -0.25) is 4.79 Å². The molecule has 0 radical (unpaired) electrons. The summed E-state index contributed by atoms with van der Waals surface area (Å²) in [5, 5.41) is 3.11. The van der Waals surface area contributed by atoms with Crippen molar-refractivity contribution in [1.82, 2.24) is 5.32 Å². The third-order valence-electron chi connectivity index (χ3n) is 4.19. The van der Waals surface area contributed by atoms with Crippen molar-refractivity contribution in [3.05, 3.63) is 34.3 Å². The van der Waals surface area contributed by atoms with Crippen molar-refractivity contribution < 1.29 is 14.3 Å². The third kappa shape index (κ3) is 3.47. The van der Waals surface area contributed by atoms with E-state index in [1.165, 1.54) is 0 Å². The molecule has 1 saturated carbocycles. The maximum atomic E-state index is 12.3.